The third-order valence-electron chi connectivity index (χ3n) is 9.49. The Morgan fingerprint density at radius 3 is 2.32 bits per heavy atom. The van der Waals surface area contributed by atoms with Gasteiger partial charge in [-0.3, -0.25) is 19.4 Å². The van der Waals surface area contributed by atoms with E-state index in [1.54, 1.807) is 31.2 Å². The molecular weight excluding hydrogens is 692 g/mol. The summed E-state index contributed by atoms with van der Waals surface area (Å²) in [5.74, 6) is -2.81. The number of halogens is 6. The second-order valence-electron chi connectivity index (χ2n) is 12.3. The lowest BCUT2D eigenvalue weighted by atomic mass is 9.71. The zero-order chi connectivity index (χ0) is 36.5. The van der Waals surface area contributed by atoms with Gasteiger partial charge >= 0.3 is 18.3 Å². The van der Waals surface area contributed by atoms with Crippen LogP contribution in [0.3, 0.4) is 0 Å². The fourth-order valence-corrected chi connectivity index (χ4v) is 7.78. The number of carbonyl (C=O) groups is 3. The van der Waals surface area contributed by atoms with Crippen molar-refractivity contribution in [2.75, 3.05) is 26.7 Å². The largest absolute Gasteiger partial charge is 0.496 e. The van der Waals surface area contributed by atoms with Crippen molar-refractivity contribution in [3.63, 3.8) is 0 Å². The van der Waals surface area contributed by atoms with Gasteiger partial charge in [0.15, 0.2) is 0 Å². The number of benzene rings is 1. The number of alkyl halides is 6. The van der Waals surface area contributed by atoms with Gasteiger partial charge in [-0.25, -0.2) is 0 Å². The van der Waals surface area contributed by atoms with Gasteiger partial charge in [-0.05, 0) is 37.8 Å². The summed E-state index contributed by atoms with van der Waals surface area (Å²) in [4.78, 5) is 46.8. The maximum absolute atomic E-state index is 14.8. The second kappa shape index (κ2) is 14.1. The summed E-state index contributed by atoms with van der Waals surface area (Å²) in [6, 6.07) is 6.87. The molecule has 5 rings (SSSR count). The van der Waals surface area contributed by atoms with Gasteiger partial charge in [-0.2, -0.15) is 26.3 Å². The summed E-state index contributed by atoms with van der Waals surface area (Å²) in [6.07, 6.45) is -7.60. The number of carbonyl (C=O) groups excluding carboxylic acids is 2. The normalized spacial score (nSPS) is 21.1. The highest BCUT2D eigenvalue weighted by Crippen LogP contribution is 2.45. The highest BCUT2D eigenvalue weighted by molar-refractivity contribution is 7.10. The number of pyridine rings is 1. The molecular formula is C34H35F6N3O6S. The Kier molecular flexibility index (Phi) is 10.4. The maximum Gasteiger partial charge on any atom is 0.425 e. The smallest absolute Gasteiger partial charge is 0.425 e. The number of carboxylic acid groups (broad SMARTS) is 1. The highest BCUT2D eigenvalue weighted by atomic mass is 32.1. The fourth-order valence-electron chi connectivity index (χ4n) is 7.10. The lowest BCUT2D eigenvalue weighted by Crippen LogP contribution is -2.69. The summed E-state index contributed by atoms with van der Waals surface area (Å²) in [5.41, 5.74) is -4.98. The van der Waals surface area contributed by atoms with E-state index in [-0.39, 0.29) is 57.5 Å². The number of amides is 2. The summed E-state index contributed by atoms with van der Waals surface area (Å²) >= 11 is 0.352. The van der Waals surface area contributed by atoms with Crippen LogP contribution in [-0.4, -0.2) is 76.1 Å². The van der Waals surface area contributed by atoms with Gasteiger partial charge in [0.1, 0.15) is 16.4 Å². The first-order valence-electron chi connectivity index (χ1n) is 15.9. The molecule has 2 aliphatic heterocycles. The van der Waals surface area contributed by atoms with Crippen LogP contribution < -0.4 is 9.47 Å². The molecule has 2 amide bonds. The van der Waals surface area contributed by atoms with Crippen molar-refractivity contribution in [2.24, 2.45) is 0 Å². The molecule has 2 aromatic heterocycles. The molecule has 4 heterocycles. The van der Waals surface area contributed by atoms with Crippen molar-refractivity contribution in [1.82, 2.24) is 14.8 Å². The van der Waals surface area contributed by atoms with E-state index in [1.165, 1.54) is 12.0 Å². The fraction of sp³-hybridized carbons (Fsp3) is 0.471. The van der Waals surface area contributed by atoms with Crippen LogP contribution in [0.25, 0.3) is 0 Å². The molecule has 2 saturated heterocycles. The van der Waals surface area contributed by atoms with E-state index in [2.05, 4.69) is 4.98 Å². The number of carboxylic acids is 1. The number of aliphatic carboxylic acids is 1. The predicted octanol–water partition coefficient (Wildman–Crippen LogP) is 7.06. The molecule has 0 saturated carbocycles. The number of aromatic nitrogens is 1. The number of rotatable bonds is 9. The number of piperidine rings is 2. The number of thiophene rings is 1. The molecule has 3 aromatic rings. The van der Waals surface area contributed by atoms with Crippen molar-refractivity contribution >= 4 is 29.1 Å². The maximum atomic E-state index is 14.8. The molecule has 1 N–H and O–H groups in total. The number of nitrogens with zero attached hydrogens (tertiary/aromatic N) is 3. The molecule has 50 heavy (non-hydrogen) atoms. The molecule has 0 radical (unpaired) electrons. The third-order valence-corrected chi connectivity index (χ3v) is 10.4. The zero-order valence-electron chi connectivity index (χ0n) is 27.1. The van der Waals surface area contributed by atoms with Gasteiger partial charge in [0.2, 0.25) is 5.60 Å². The molecule has 0 unspecified atom stereocenters. The number of hydrogen-bond acceptors (Lipinski definition) is 7. The number of para-hydroxylation sites is 1. The second-order valence-corrected chi connectivity index (χ2v) is 13.3. The van der Waals surface area contributed by atoms with E-state index in [9.17, 15) is 45.8 Å². The number of likely N-dealkylation sites (tertiary alicyclic amines) is 2. The van der Waals surface area contributed by atoms with Gasteiger partial charge in [-0.15, -0.1) is 11.3 Å². The number of ether oxygens (including phenoxy) is 2. The third kappa shape index (κ3) is 6.86. The van der Waals surface area contributed by atoms with Crippen molar-refractivity contribution in [3.8, 4) is 11.5 Å². The Morgan fingerprint density at radius 1 is 1.02 bits per heavy atom. The van der Waals surface area contributed by atoms with E-state index in [0.29, 0.717) is 35.1 Å². The van der Waals surface area contributed by atoms with Crippen molar-refractivity contribution in [2.45, 2.75) is 74.9 Å². The van der Waals surface area contributed by atoms with Crippen LogP contribution in [0.5, 0.6) is 11.5 Å². The van der Waals surface area contributed by atoms with Gasteiger partial charge in [0, 0.05) is 55.5 Å². The zero-order valence-corrected chi connectivity index (χ0v) is 28.0. The Labute approximate surface area is 287 Å². The van der Waals surface area contributed by atoms with Crippen molar-refractivity contribution < 1.29 is 55.3 Å². The van der Waals surface area contributed by atoms with Crippen LogP contribution >= 0.6 is 11.3 Å². The molecule has 2 atom stereocenters. The van der Waals surface area contributed by atoms with Crippen LogP contribution in [0.1, 0.15) is 71.8 Å². The van der Waals surface area contributed by atoms with Crippen LogP contribution in [0.4, 0.5) is 26.3 Å². The molecule has 0 bridgehead atoms. The summed E-state index contributed by atoms with van der Waals surface area (Å²) in [5, 5.41) is 11.5. The predicted molar refractivity (Wildman–Crippen MR) is 169 cm³/mol. The average molecular weight is 728 g/mol. The van der Waals surface area contributed by atoms with Gasteiger partial charge in [0.25, 0.3) is 11.8 Å². The Hall–Kier alpha value is -4.34. The summed E-state index contributed by atoms with van der Waals surface area (Å²) in [6.45, 7) is 1.49. The van der Waals surface area contributed by atoms with Crippen LogP contribution in [0.15, 0.2) is 54.2 Å². The standard InChI is InChI=1S/C34H35F6N3O6S/c1-3-7-26-32(49-21-18-27(50-20-21)34(38,39)40,11-6-15-43(26)28(44)22-19-41-14-10-23(22)33(35,36)37)29(45)42-16-12-31(13-17-42,30(46)47)24-8-4-5-9-25(24)48-2/h4-5,8-10,14,18-20,26H,3,6-7,11-13,15-17H2,1-2H3,(H,46,47)/t26-,32+/m1/s1. The molecule has 16 heteroatoms. The Balaban J connectivity index is 1.56. The van der Waals surface area contributed by atoms with Gasteiger partial charge in [0.05, 0.1) is 29.7 Å². The average Bonchev–Trinajstić information content (AvgIpc) is 3.57. The molecule has 2 aliphatic rings. The minimum absolute atomic E-state index is 0.0487. The number of methoxy groups -OCH3 is 1. The highest BCUT2D eigenvalue weighted by Gasteiger charge is 2.57. The Morgan fingerprint density at radius 2 is 1.72 bits per heavy atom. The Bertz CT molecular complexity index is 1720. The minimum Gasteiger partial charge on any atom is -0.496 e. The minimum atomic E-state index is -4.90. The first-order chi connectivity index (χ1) is 23.6. The van der Waals surface area contributed by atoms with E-state index in [0.717, 1.165) is 28.7 Å². The first-order valence-corrected chi connectivity index (χ1v) is 16.8. The van der Waals surface area contributed by atoms with E-state index >= 15 is 0 Å². The molecule has 1 aromatic carbocycles. The van der Waals surface area contributed by atoms with E-state index in [1.807, 2.05) is 0 Å². The summed E-state index contributed by atoms with van der Waals surface area (Å²) in [7, 11) is 1.41. The lowest BCUT2D eigenvalue weighted by Gasteiger charge is -2.51. The summed E-state index contributed by atoms with van der Waals surface area (Å²) < 4.78 is 94.6. The van der Waals surface area contributed by atoms with Crippen molar-refractivity contribution in [3.05, 3.63) is 75.7 Å². The quantitative estimate of drug-likeness (QED) is 0.235. The van der Waals surface area contributed by atoms with E-state index in [4.69, 9.17) is 9.47 Å². The van der Waals surface area contributed by atoms with Crippen LogP contribution in [0.2, 0.25) is 0 Å². The van der Waals surface area contributed by atoms with Gasteiger partial charge in [-0.1, -0.05) is 31.5 Å². The molecule has 0 aliphatic carbocycles. The molecule has 0 spiro atoms. The number of hydrogen-bond donors (Lipinski definition) is 1. The van der Waals surface area contributed by atoms with Crippen molar-refractivity contribution in [1.29, 1.82) is 0 Å². The SMILES string of the molecule is CCC[C@H]1N(C(=O)c2cnccc2C(F)(F)F)CCC[C@@]1(Oc1csc(C(F)(F)F)c1)C(=O)N1CCC(C(=O)O)(c2ccccc2OC)CC1. The molecule has 2 fully saturated rings. The lowest BCUT2D eigenvalue weighted by molar-refractivity contribution is -0.163. The molecule has 9 nitrogen and oxygen atoms in total. The van der Waals surface area contributed by atoms with Gasteiger partial charge < -0.3 is 24.4 Å². The first kappa shape index (κ1) is 36.9. The van der Waals surface area contributed by atoms with Crippen LogP contribution in [0, 0.1) is 0 Å². The van der Waals surface area contributed by atoms with Crippen LogP contribution in [-0.2, 0) is 27.4 Å². The monoisotopic (exact) mass is 727 g/mol. The topological polar surface area (TPSA) is 109 Å². The molecule has 270 valence electrons. The van der Waals surface area contributed by atoms with E-state index < -0.39 is 63.2 Å².